The number of methoxy groups -OCH3 is 1. The van der Waals surface area contributed by atoms with Crippen LogP contribution in [0.2, 0.25) is 0 Å². The van der Waals surface area contributed by atoms with Crippen molar-refractivity contribution in [1.82, 2.24) is 15.5 Å². The third-order valence-electron chi connectivity index (χ3n) is 4.78. The molecule has 29 heavy (non-hydrogen) atoms. The van der Waals surface area contributed by atoms with Gasteiger partial charge in [0.15, 0.2) is 5.96 Å². The quantitative estimate of drug-likeness (QED) is 0.215. The SMILES string of the molecule is CCNC(=NCCc1cccc(C(=O)NC)c1)N1CCC(COCCOC)C1.I. The summed E-state index contributed by atoms with van der Waals surface area (Å²) in [5.74, 6) is 1.43. The van der Waals surface area contributed by atoms with Crippen molar-refractivity contribution in [2.24, 2.45) is 10.9 Å². The average molecular weight is 518 g/mol. The standard InChI is InChI=1S/C21H34N4O3.HI/c1-4-23-21(25-11-9-18(15-25)16-28-13-12-27-3)24-10-8-17-6-5-7-19(14-17)20(26)22-2;/h5-7,14,18H,4,8-13,15-16H2,1-3H3,(H,22,26)(H,23,24);1H. The second-order valence-electron chi connectivity index (χ2n) is 6.93. The van der Waals surface area contributed by atoms with E-state index in [4.69, 9.17) is 14.5 Å². The lowest BCUT2D eigenvalue weighted by Crippen LogP contribution is -2.40. The molecular weight excluding hydrogens is 483 g/mol. The average Bonchev–Trinajstić information content (AvgIpc) is 3.19. The van der Waals surface area contributed by atoms with Crippen molar-refractivity contribution in [3.8, 4) is 0 Å². The van der Waals surface area contributed by atoms with Gasteiger partial charge in [-0.3, -0.25) is 9.79 Å². The lowest BCUT2D eigenvalue weighted by Gasteiger charge is -2.21. The summed E-state index contributed by atoms with van der Waals surface area (Å²) in [5.41, 5.74) is 1.80. The van der Waals surface area contributed by atoms with E-state index in [1.807, 2.05) is 24.3 Å². The number of halogens is 1. The van der Waals surface area contributed by atoms with Crippen molar-refractivity contribution in [1.29, 1.82) is 0 Å². The minimum Gasteiger partial charge on any atom is -0.382 e. The number of nitrogens with zero attached hydrogens (tertiary/aromatic N) is 2. The second-order valence-corrected chi connectivity index (χ2v) is 6.93. The van der Waals surface area contributed by atoms with E-state index in [2.05, 4.69) is 22.5 Å². The van der Waals surface area contributed by atoms with Crippen molar-refractivity contribution in [2.75, 3.05) is 60.2 Å². The summed E-state index contributed by atoms with van der Waals surface area (Å²) in [5, 5.41) is 6.06. The molecule has 1 fully saturated rings. The molecule has 1 aromatic carbocycles. The number of aliphatic imine (C=N–C) groups is 1. The number of nitrogens with one attached hydrogen (secondary N) is 2. The maximum Gasteiger partial charge on any atom is 0.251 e. The zero-order valence-electron chi connectivity index (χ0n) is 17.8. The summed E-state index contributed by atoms with van der Waals surface area (Å²) >= 11 is 0. The minimum atomic E-state index is -0.0606. The molecule has 0 bridgehead atoms. The molecule has 0 aliphatic carbocycles. The van der Waals surface area contributed by atoms with Gasteiger partial charge in [0.1, 0.15) is 0 Å². The van der Waals surface area contributed by atoms with Crippen LogP contribution in [0, 0.1) is 5.92 Å². The molecule has 1 heterocycles. The van der Waals surface area contributed by atoms with E-state index in [1.54, 1.807) is 14.2 Å². The zero-order chi connectivity index (χ0) is 20.2. The first-order valence-electron chi connectivity index (χ1n) is 10.1. The number of ether oxygens (including phenoxy) is 2. The van der Waals surface area contributed by atoms with Crippen molar-refractivity contribution in [3.63, 3.8) is 0 Å². The van der Waals surface area contributed by atoms with Gasteiger partial charge in [0.25, 0.3) is 5.91 Å². The maximum absolute atomic E-state index is 11.8. The second kappa shape index (κ2) is 14.6. The van der Waals surface area contributed by atoms with Crippen LogP contribution in [0.5, 0.6) is 0 Å². The summed E-state index contributed by atoms with van der Waals surface area (Å²) in [4.78, 5) is 18.9. The lowest BCUT2D eigenvalue weighted by molar-refractivity contribution is 0.0536. The van der Waals surface area contributed by atoms with Crippen LogP contribution < -0.4 is 10.6 Å². The number of carbonyl (C=O) groups excluding carboxylic acids is 1. The monoisotopic (exact) mass is 518 g/mol. The maximum atomic E-state index is 11.8. The topological polar surface area (TPSA) is 75.2 Å². The van der Waals surface area contributed by atoms with E-state index >= 15 is 0 Å². The summed E-state index contributed by atoms with van der Waals surface area (Å²) in [6.45, 7) is 7.63. The van der Waals surface area contributed by atoms with Crippen molar-refractivity contribution in [2.45, 2.75) is 19.8 Å². The van der Waals surface area contributed by atoms with Gasteiger partial charge < -0.3 is 25.0 Å². The lowest BCUT2D eigenvalue weighted by atomic mass is 10.1. The summed E-state index contributed by atoms with van der Waals surface area (Å²) < 4.78 is 10.7. The van der Waals surface area contributed by atoms with Gasteiger partial charge in [0, 0.05) is 51.8 Å². The Labute approximate surface area is 191 Å². The molecule has 7 nitrogen and oxygen atoms in total. The first-order chi connectivity index (χ1) is 13.7. The van der Waals surface area contributed by atoms with Gasteiger partial charge in [-0.05, 0) is 37.5 Å². The number of carbonyl (C=O) groups is 1. The summed E-state index contributed by atoms with van der Waals surface area (Å²) in [6, 6.07) is 7.72. The molecule has 0 radical (unpaired) electrons. The highest BCUT2D eigenvalue weighted by atomic mass is 127. The fourth-order valence-corrected chi connectivity index (χ4v) is 3.28. The minimum absolute atomic E-state index is 0. The van der Waals surface area contributed by atoms with Gasteiger partial charge in [-0.2, -0.15) is 0 Å². The first-order valence-corrected chi connectivity index (χ1v) is 10.1. The molecule has 0 saturated carbocycles. The van der Waals surface area contributed by atoms with Gasteiger partial charge in [0.2, 0.25) is 0 Å². The van der Waals surface area contributed by atoms with E-state index in [0.29, 0.717) is 31.2 Å². The molecular formula is C21H35IN4O3. The fourth-order valence-electron chi connectivity index (χ4n) is 3.28. The summed E-state index contributed by atoms with van der Waals surface area (Å²) in [7, 11) is 3.34. The van der Waals surface area contributed by atoms with Crippen LogP contribution >= 0.6 is 24.0 Å². The Morgan fingerprint density at radius 3 is 2.90 bits per heavy atom. The van der Waals surface area contributed by atoms with Crippen molar-refractivity contribution < 1.29 is 14.3 Å². The zero-order valence-corrected chi connectivity index (χ0v) is 20.1. The molecule has 1 aliphatic heterocycles. The van der Waals surface area contributed by atoms with Crippen LogP contribution in [0.1, 0.15) is 29.3 Å². The Balaban J connectivity index is 0.00000420. The molecule has 8 heteroatoms. The molecule has 2 N–H and O–H groups in total. The first kappa shape index (κ1) is 25.6. The van der Waals surface area contributed by atoms with E-state index in [9.17, 15) is 4.79 Å². The van der Waals surface area contributed by atoms with Crippen LogP contribution in [-0.2, 0) is 15.9 Å². The van der Waals surface area contributed by atoms with Crippen molar-refractivity contribution in [3.05, 3.63) is 35.4 Å². The molecule has 1 aromatic rings. The molecule has 1 aliphatic rings. The largest absolute Gasteiger partial charge is 0.382 e. The Morgan fingerprint density at radius 2 is 2.17 bits per heavy atom. The van der Waals surface area contributed by atoms with Gasteiger partial charge in [-0.15, -0.1) is 24.0 Å². The fraction of sp³-hybridized carbons (Fsp3) is 0.619. The van der Waals surface area contributed by atoms with E-state index < -0.39 is 0 Å². The molecule has 1 unspecified atom stereocenters. The predicted molar refractivity (Wildman–Crippen MR) is 127 cm³/mol. The van der Waals surface area contributed by atoms with Crippen molar-refractivity contribution >= 4 is 35.8 Å². The molecule has 1 saturated heterocycles. The molecule has 0 spiro atoms. The third-order valence-corrected chi connectivity index (χ3v) is 4.78. The molecule has 2 rings (SSSR count). The van der Waals surface area contributed by atoms with Gasteiger partial charge >= 0.3 is 0 Å². The highest BCUT2D eigenvalue weighted by Gasteiger charge is 2.24. The van der Waals surface area contributed by atoms with Crippen LogP contribution in [0.25, 0.3) is 0 Å². The van der Waals surface area contributed by atoms with Gasteiger partial charge in [-0.1, -0.05) is 12.1 Å². The molecule has 0 aromatic heterocycles. The van der Waals surface area contributed by atoms with E-state index in [0.717, 1.165) is 50.6 Å². The predicted octanol–water partition coefficient (Wildman–Crippen LogP) is 2.16. The Morgan fingerprint density at radius 1 is 1.34 bits per heavy atom. The molecule has 1 amide bonds. The van der Waals surface area contributed by atoms with Crippen LogP contribution in [0.3, 0.4) is 0 Å². The number of benzene rings is 1. The Hall–Kier alpha value is -1.39. The Bertz CT molecular complexity index is 642. The number of likely N-dealkylation sites (tertiary alicyclic amines) is 1. The van der Waals surface area contributed by atoms with Crippen LogP contribution in [-0.4, -0.2) is 76.9 Å². The van der Waals surface area contributed by atoms with E-state index in [1.165, 1.54) is 0 Å². The third kappa shape index (κ3) is 8.88. The molecule has 164 valence electrons. The normalized spacial score (nSPS) is 16.4. The van der Waals surface area contributed by atoms with Crippen LogP contribution in [0.4, 0.5) is 0 Å². The Kier molecular flexibility index (Phi) is 12.9. The number of hydrogen-bond donors (Lipinski definition) is 2. The smallest absolute Gasteiger partial charge is 0.251 e. The number of hydrogen-bond acceptors (Lipinski definition) is 4. The van der Waals surface area contributed by atoms with E-state index in [-0.39, 0.29) is 29.9 Å². The number of guanidine groups is 1. The number of rotatable bonds is 10. The van der Waals surface area contributed by atoms with Gasteiger partial charge in [0.05, 0.1) is 19.8 Å². The summed E-state index contributed by atoms with van der Waals surface area (Å²) in [6.07, 6.45) is 1.92. The highest BCUT2D eigenvalue weighted by molar-refractivity contribution is 14.0. The van der Waals surface area contributed by atoms with Gasteiger partial charge in [-0.25, -0.2) is 0 Å². The molecule has 1 atom stereocenters. The van der Waals surface area contributed by atoms with Crippen LogP contribution in [0.15, 0.2) is 29.3 Å². The number of amides is 1. The highest BCUT2D eigenvalue weighted by Crippen LogP contribution is 2.17.